The number of carbonyl (C=O) groups excluding carboxylic acids is 1. The summed E-state index contributed by atoms with van der Waals surface area (Å²) in [6.07, 6.45) is 7.49. The van der Waals surface area contributed by atoms with Crippen LogP contribution in [0.2, 0.25) is 0 Å². The fourth-order valence-corrected chi connectivity index (χ4v) is 3.37. The molecule has 1 aliphatic carbocycles. The first-order valence-corrected chi connectivity index (χ1v) is 8.91. The highest BCUT2D eigenvalue weighted by Crippen LogP contribution is 2.28. The van der Waals surface area contributed by atoms with Crippen LogP contribution >= 0.6 is 11.3 Å². The van der Waals surface area contributed by atoms with Crippen LogP contribution in [-0.2, 0) is 0 Å². The number of nitrogens with one attached hydrogen (secondary N) is 1. The molecule has 118 valence electrons. The van der Waals surface area contributed by atoms with Crippen molar-refractivity contribution < 1.29 is 4.79 Å². The van der Waals surface area contributed by atoms with Crippen LogP contribution in [0.15, 0.2) is 11.6 Å². The minimum atomic E-state index is 0.0187. The molecule has 0 spiro atoms. The molecule has 1 aliphatic rings. The summed E-state index contributed by atoms with van der Waals surface area (Å²) in [4.78, 5) is 18.8. The van der Waals surface area contributed by atoms with Crippen LogP contribution in [0.25, 0.3) is 0 Å². The zero-order valence-electron chi connectivity index (χ0n) is 13.3. The van der Waals surface area contributed by atoms with Gasteiger partial charge in [-0.2, -0.15) is 0 Å². The van der Waals surface area contributed by atoms with E-state index in [1.807, 2.05) is 10.3 Å². The summed E-state index contributed by atoms with van der Waals surface area (Å²) >= 11 is 1.47. The van der Waals surface area contributed by atoms with E-state index < -0.39 is 0 Å². The minimum Gasteiger partial charge on any atom is -0.321 e. The third-order valence-electron chi connectivity index (χ3n) is 4.28. The molecule has 0 unspecified atom stereocenters. The van der Waals surface area contributed by atoms with Crippen LogP contribution in [0.3, 0.4) is 0 Å². The summed E-state index contributed by atoms with van der Waals surface area (Å²) in [7, 11) is 0. The maximum atomic E-state index is 12.6. The highest BCUT2D eigenvalue weighted by atomic mass is 32.1. The predicted molar refractivity (Wildman–Crippen MR) is 88.7 cm³/mol. The minimum absolute atomic E-state index is 0.0187. The lowest BCUT2D eigenvalue weighted by atomic mass is 9.86. The number of rotatable bonds is 5. The molecule has 0 aliphatic heterocycles. The second-order valence-electron chi connectivity index (χ2n) is 6.56. The number of urea groups is 1. The molecule has 21 heavy (non-hydrogen) atoms. The van der Waals surface area contributed by atoms with Crippen LogP contribution < -0.4 is 5.32 Å². The summed E-state index contributed by atoms with van der Waals surface area (Å²) in [5.41, 5.74) is 0. The molecule has 0 radical (unpaired) electrons. The Hall–Kier alpha value is -1.10. The maximum Gasteiger partial charge on any atom is 0.323 e. The van der Waals surface area contributed by atoms with Crippen molar-refractivity contribution in [1.82, 2.24) is 9.88 Å². The Kier molecular flexibility index (Phi) is 6.03. The van der Waals surface area contributed by atoms with Crippen molar-refractivity contribution in [2.45, 2.75) is 58.9 Å². The Labute approximate surface area is 132 Å². The largest absolute Gasteiger partial charge is 0.323 e. The Morgan fingerprint density at radius 2 is 2.14 bits per heavy atom. The summed E-state index contributed by atoms with van der Waals surface area (Å²) in [6, 6.07) is 0.407. The molecule has 1 N–H and O–H groups in total. The van der Waals surface area contributed by atoms with Crippen molar-refractivity contribution in [1.29, 1.82) is 0 Å². The van der Waals surface area contributed by atoms with E-state index in [1.54, 1.807) is 6.20 Å². The van der Waals surface area contributed by atoms with E-state index in [2.05, 4.69) is 31.1 Å². The first kappa shape index (κ1) is 16.3. The summed E-state index contributed by atoms with van der Waals surface area (Å²) < 4.78 is 0. The Balaban J connectivity index is 1.98. The molecule has 1 aromatic rings. The molecular formula is C16H27N3OS. The molecule has 0 saturated heterocycles. The Morgan fingerprint density at radius 3 is 2.71 bits per heavy atom. The molecular weight excluding hydrogens is 282 g/mol. The van der Waals surface area contributed by atoms with Crippen molar-refractivity contribution in [2.75, 3.05) is 11.9 Å². The van der Waals surface area contributed by atoms with E-state index >= 15 is 0 Å². The molecule has 5 heteroatoms. The van der Waals surface area contributed by atoms with Crippen LogP contribution in [0.4, 0.5) is 9.93 Å². The topological polar surface area (TPSA) is 45.2 Å². The van der Waals surface area contributed by atoms with Crippen LogP contribution in [0.5, 0.6) is 0 Å². The van der Waals surface area contributed by atoms with Crippen molar-refractivity contribution >= 4 is 22.5 Å². The number of carbonyl (C=O) groups is 1. The summed E-state index contributed by atoms with van der Waals surface area (Å²) in [6.45, 7) is 7.57. The van der Waals surface area contributed by atoms with Crippen LogP contribution in [0, 0.1) is 11.8 Å². The van der Waals surface area contributed by atoms with Gasteiger partial charge in [-0.3, -0.25) is 5.32 Å². The first-order valence-electron chi connectivity index (χ1n) is 8.03. The highest BCUT2D eigenvalue weighted by molar-refractivity contribution is 7.13. The fourth-order valence-electron chi connectivity index (χ4n) is 2.85. The van der Waals surface area contributed by atoms with Gasteiger partial charge in [0.15, 0.2) is 5.13 Å². The van der Waals surface area contributed by atoms with Crippen LogP contribution in [0.1, 0.15) is 52.9 Å². The monoisotopic (exact) mass is 309 g/mol. The maximum absolute atomic E-state index is 12.6. The van der Waals surface area contributed by atoms with E-state index in [1.165, 1.54) is 24.2 Å². The SMILES string of the molecule is CC(C)CCN(C(=O)Nc1nccs1)C1CCC(C)CC1. The molecule has 1 heterocycles. The molecule has 0 aromatic carbocycles. The van der Waals surface area contributed by atoms with Gasteiger partial charge in [0.25, 0.3) is 0 Å². The molecule has 0 atom stereocenters. The second kappa shape index (κ2) is 7.78. The van der Waals surface area contributed by atoms with E-state index in [-0.39, 0.29) is 6.03 Å². The number of hydrogen-bond acceptors (Lipinski definition) is 3. The second-order valence-corrected chi connectivity index (χ2v) is 7.45. The average Bonchev–Trinajstić information content (AvgIpc) is 2.93. The number of nitrogens with zero attached hydrogens (tertiary/aromatic N) is 2. The van der Waals surface area contributed by atoms with Crippen molar-refractivity contribution in [3.05, 3.63) is 11.6 Å². The van der Waals surface area contributed by atoms with Gasteiger partial charge in [0.2, 0.25) is 0 Å². The molecule has 2 rings (SSSR count). The fraction of sp³-hybridized carbons (Fsp3) is 0.750. The average molecular weight is 309 g/mol. The molecule has 1 saturated carbocycles. The van der Waals surface area contributed by atoms with Gasteiger partial charge < -0.3 is 4.90 Å². The van der Waals surface area contributed by atoms with E-state index in [9.17, 15) is 4.79 Å². The number of amides is 2. The lowest BCUT2D eigenvalue weighted by Gasteiger charge is -2.36. The van der Waals surface area contributed by atoms with Gasteiger partial charge in [-0.25, -0.2) is 9.78 Å². The summed E-state index contributed by atoms with van der Waals surface area (Å²) in [5, 5.41) is 5.53. The molecule has 0 bridgehead atoms. The Morgan fingerprint density at radius 1 is 1.43 bits per heavy atom. The van der Waals surface area contributed by atoms with Gasteiger partial charge in [0.05, 0.1) is 0 Å². The van der Waals surface area contributed by atoms with Crippen molar-refractivity contribution in [3.8, 4) is 0 Å². The smallest absolute Gasteiger partial charge is 0.321 e. The molecule has 4 nitrogen and oxygen atoms in total. The van der Waals surface area contributed by atoms with Crippen LogP contribution in [-0.4, -0.2) is 28.5 Å². The van der Waals surface area contributed by atoms with Gasteiger partial charge in [-0.15, -0.1) is 11.3 Å². The van der Waals surface area contributed by atoms with E-state index in [4.69, 9.17) is 0 Å². The zero-order chi connectivity index (χ0) is 15.2. The zero-order valence-corrected chi connectivity index (χ0v) is 14.2. The molecule has 1 fully saturated rings. The first-order chi connectivity index (χ1) is 10.1. The van der Waals surface area contributed by atoms with Gasteiger partial charge in [-0.1, -0.05) is 20.8 Å². The summed E-state index contributed by atoms with van der Waals surface area (Å²) in [5.74, 6) is 1.41. The van der Waals surface area contributed by atoms with Crippen molar-refractivity contribution in [3.63, 3.8) is 0 Å². The van der Waals surface area contributed by atoms with Crippen molar-refractivity contribution in [2.24, 2.45) is 11.8 Å². The molecule has 2 amide bonds. The third-order valence-corrected chi connectivity index (χ3v) is 4.97. The predicted octanol–water partition coefficient (Wildman–Crippen LogP) is 4.60. The number of thiazole rings is 1. The quantitative estimate of drug-likeness (QED) is 0.863. The van der Waals surface area contributed by atoms with E-state index in [0.29, 0.717) is 17.1 Å². The lowest BCUT2D eigenvalue weighted by Crippen LogP contribution is -2.45. The van der Waals surface area contributed by atoms with Gasteiger partial charge in [-0.05, 0) is 43.9 Å². The van der Waals surface area contributed by atoms with E-state index in [0.717, 1.165) is 31.7 Å². The van der Waals surface area contributed by atoms with Gasteiger partial charge >= 0.3 is 6.03 Å². The third kappa shape index (κ3) is 4.99. The lowest BCUT2D eigenvalue weighted by molar-refractivity contribution is 0.152. The van der Waals surface area contributed by atoms with Gasteiger partial charge in [0.1, 0.15) is 0 Å². The van der Waals surface area contributed by atoms with Gasteiger partial charge in [0, 0.05) is 24.2 Å². The number of hydrogen-bond donors (Lipinski definition) is 1. The standard InChI is InChI=1S/C16H27N3OS/c1-12(2)8-10-19(14-6-4-13(3)5-7-14)16(20)18-15-17-9-11-21-15/h9,11-14H,4-8,10H2,1-3H3,(H,17,18,20). The number of anilines is 1. The molecule has 1 aromatic heterocycles. The Bertz CT molecular complexity index is 425. The number of aromatic nitrogens is 1. The normalized spacial score (nSPS) is 22.3. The highest BCUT2D eigenvalue weighted by Gasteiger charge is 2.27.